The fraction of sp³-hybridized carbons (Fsp3) is 0.350. The number of hydrogen-bond acceptors (Lipinski definition) is 2. The summed E-state index contributed by atoms with van der Waals surface area (Å²) < 4.78 is 29.0. The Hall–Kier alpha value is -2.43. The van der Waals surface area contributed by atoms with Crippen LogP contribution < -0.4 is 10.1 Å². The first-order valence-electron chi connectivity index (χ1n) is 8.35. The first-order chi connectivity index (χ1) is 11.9. The lowest BCUT2D eigenvalue weighted by Gasteiger charge is -2.23. The number of benzene rings is 2. The molecule has 0 saturated heterocycles. The SMILES string of the molecule is CCc1ccc([C@H](NC(=O)c2cccc(OC(F)F)c2)C(C)C)cc1. The second kappa shape index (κ2) is 8.60. The van der Waals surface area contributed by atoms with Crippen LogP contribution in [0.25, 0.3) is 0 Å². The highest BCUT2D eigenvalue weighted by Gasteiger charge is 2.19. The molecule has 0 aliphatic carbocycles. The van der Waals surface area contributed by atoms with Gasteiger partial charge in [-0.05, 0) is 41.7 Å². The van der Waals surface area contributed by atoms with Crippen LogP contribution in [0, 0.1) is 5.92 Å². The molecule has 5 heteroatoms. The molecule has 2 aromatic rings. The lowest BCUT2D eigenvalue weighted by atomic mass is 9.94. The number of carbonyl (C=O) groups is 1. The van der Waals surface area contributed by atoms with Gasteiger partial charge in [-0.3, -0.25) is 4.79 Å². The maximum atomic E-state index is 12.5. The van der Waals surface area contributed by atoms with Gasteiger partial charge in [0.05, 0.1) is 6.04 Å². The van der Waals surface area contributed by atoms with Crippen LogP contribution in [0.5, 0.6) is 5.75 Å². The summed E-state index contributed by atoms with van der Waals surface area (Å²) in [4.78, 5) is 12.5. The van der Waals surface area contributed by atoms with Crippen LogP contribution in [0.1, 0.15) is 48.3 Å². The third-order valence-corrected chi connectivity index (χ3v) is 4.02. The molecule has 134 valence electrons. The van der Waals surface area contributed by atoms with Gasteiger partial charge in [0.2, 0.25) is 0 Å². The lowest BCUT2D eigenvalue weighted by Crippen LogP contribution is -2.31. The minimum absolute atomic E-state index is 0.0314. The number of aryl methyl sites for hydroxylation is 1. The Balaban J connectivity index is 2.17. The molecule has 3 nitrogen and oxygen atoms in total. The van der Waals surface area contributed by atoms with Gasteiger partial charge in [-0.25, -0.2) is 0 Å². The van der Waals surface area contributed by atoms with Crippen molar-refractivity contribution in [3.8, 4) is 5.75 Å². The fourth-order valence-electron chi connectivity index (χ4n) is 2.63. The van der Waals surface area contributed by atoms with Crippen LogP contribution in [0.3, 0.4) is 0 Å². The third-order valence-electron chi connectivity index (χ3n) is 4.02. The first-order valence-corrected chi connectivity index (χ1v) is 8.35. The van der Waals surface area contributed by atoms with Gasteiger partial charge in [0.1, 0.15) is 5.75 Å². The van der Waals surface area contributed by atoms with Crippen LogP contribution in [0.2, 0.25) is 0 Å². The quantitative estimate of drug-likeness (QED) is 0.767. The van der Waals surface area contributed by atoms with Crippen molar-refractivity contribution >= 4 is 5.91 Å². The Labute approximate surface area is 147 Å². The number of nitrogens with one attached hydrogen (secondary N) is 1. The second-order valence-electron chi connectivity index (χ2n) is 6.20. The zero-order chi connectivity index (χ0) is 18.4. The maximum Gasteiger partial charge on any atom is 0.387 e. The van der Waals surface area contributed by atoms with E-state index in [4.69, 9.17) is 0 Å². The summed E-state index contributed by atoms with van der Waals surface area (Å²) in [5.41, 5.74) is 2.53. The molecule has 0 aliphatic heterocycles. The van der Waals surface area contributed by atoms with Crippen LogP contribution in [0.15, 0.2) is 48.5 Å². The van der Waals surface area contributed by atoms with E-state index in [0.717, 1.165) is 12.0 Å². The Kier molecular flexibility index (Phi) is 6.51. The minimum Gasteiger partial charge on any atom is -0.435 e. The van der Waals surface area contributed by atoms with Gasteiger partial charge >= 0.3 is 6.61 Å². The summed E-state index contributed by atoms with van der Waals surface area (Å²) in [7, 11) is 0. The first kappa shape index (κ1) is 18.9. The van der Waals surface area contributed by atoms with Gasteiger partial charge in [-0.2, -0.15) is 8.78 Å². The van der Waals surface area contributed by atoms with Crippen LogP contribution in [-0.4, -0.2) is 12.5 Å². The zero-order valence-corrected chi connectivity index (χ0v) is 14.6. The number of alkyl halides is 2. The highest BCUT2D eigenvalue weighted by atomic mass is 19.3. The van der Waals surface area contributed by atoms with Crippen molar-refractivity contribution in [1.82, 2.24) is 5.32 Å². The topological polar surface area (TPSA) is 38.3 Å². The van der Waals surface area contributed by atoms with E-state index in [2.05, 4.69) is 17.0 Å². The molecule has 1 amide bonds. The molecular formula is C20H23F2NO2. The molecule has 0 heterocycles. The van der Waals surface area contributed by atoms with Crippen molar-refractivity contribution in [2.45, 2.75) is 39.8 Å². The Morgan fingerprint density at radius 1 is 1.12 bits per heavy atom. The van der Waals surface area contributed by atoms with Crippen LogP contribution in [0.4, 0.5) is 8.78 Å². The molecule has 2 rings (SSSR count). The molecule has 25 heavy (non-hydrogen) atoms. The summed E-state index contributed by atoms with van der Waals surface area (Å²) in [6.07, 6.45) is 0.954. The van der Waals surface area contributed by atoms with E-state index in [1.165, 1.54) is 23.8 Å². The standard InChI is InChI=1S/C20H23F2NO2/c1-4-14-8-10-15(11-9-14)18(13(2)3)23-19(24)16-6-5-7-17(12-16)25-20(21)22/h5-13,18,20H,4H2,1-3H3,(H,23,24)/t18-/m1/s1. The molecule has 1 N–H and O–H groups in total. The molecule has 0 radical (unpaired) electrons. The Morgan fingerprint density at radius 3 is 2.36 bits per heavy atom. The smallest absolute Gasteiger partial charge is 0.387 e. The number of carbonyl (C=O) groups excluding carboxylic acids is 1. The number of amides is 1. The second-order valence-corrected chi connectivity index (χ2v) is 6.20. The van der Waals surface area contributed by atoms with Gasteiger partial charge in [-0.1, -0.05) is 51.1 Å². The van der Waals surface area contributed by atoms with E-state index in [1.54, 1.807) is 6.07 Å². The monoisotopic (exact) mass is 347 g/mol. The van der Waals surface area contributed by atoms with Gasteiger partial charge in [-0.15, -0.1) is 0 Å². The average Bonchev–Trinajstić information content (AvgIpc) is 2.59. The van der Waals surface area contributed by atoms with E-state index >= 15 is 0 Å². The minimum atomic E-state index is -2.92. The molecule has 2 aromatic carbocycles. The van der Waals surface area contributed by atoms with E-state index in [1.807, 2.05) is 38.1 Å². The number of hydrogen-bond donors (Lipinski definition) is 1. The predicted octanol–water partition coefficient (Wildman–Crippen LogP) is 4.98. The van der Waals surface area contributed by atoms with Crippen molar-refractivity contribution in [2.75, 3.05) is 0 Å². The van der Waals surface area contributed by atoms with E-state index < -0.39 is 6.61 Å². The molecule has 0 aromatic heterocycles. The molecule has 0 saturated carbocycles. The van der Waals surface area contributed by atoms with Gasteiger partial charge in [0.15, 0.2) is 0 Å². The maximum absolute atomic E-state index is 12.5. The Morgan fingerprint density at radius 2 is 1.80 bits per heavy atom. The van der Waals surface area contributed by atoms with Crippen molar-refractivity contribution in [2.24, 2.45) is 5.92 Å². The molecule has 0 bridgehead atoms. The fourth-order valence-corrected chi connectivity index (χ4v) is 2.63. The van der Waals surface area contributed by atoms with Crippen LogP contribution in [-0.2, 0) is 6.42 Å². The van der Waals surface area contributed by atoms with Crippen molar-refractivity contribution < 1.29 is 18.3 Å². The summed E-state index contributed by atoms with van der Waals surface area (Å²) in [5, 5.41) is 2.99. The number of ether oxygens (including phenoxy) is 1. The van der Waals surface area contributed by atoms with Gasteiger partial charge < -0.3 is 10.1 Å². The lowest BCUT2D eigenvalue weighted by molar-refractivity contribution is -0.0498. The summed E-state index contributed by atoms with van der Waals surface area (Å²) in [5.74, 6) is -0.175. The molecule has 0 fully saturated rings. The normalized spacial score (nSPS) is 12.3. The Bertz CT molecular complexity index is 699. The summed E-state index contributed by atoms with van der Waals surface area (Å²) in [6.45, 7) is 3.22. The average molecular weight is 347 g/mol. The summed E-state index contributed by atoms with van der Waals surface area (Å²) in [6, 6.07) is 13.8. The van der Waals surface area contributed by atoms with E-state index in [0.29, 0.717) is 0 Å². The molecular weight excluding hydrogens is 324 g/mol. The predicted molar refractivity (Wildman–Crippen MR) is 93.9 cm³/mol. The molecule has 0 aliphatic rings. The van der Waals surface area contributed by atoms with Gasteiger partial charge in [0.25, 0.3) is 5.91 Å². The highest BCUT2D eigenvalue weighted by molar-refractivity contribution is 5.94. The van der Waals surface area contributed by atoms with Gasteiger partial charge in [0, 0.05) is 5.56 Å². The van der Waals surface area contributed by atoms with Crippen molar-refractivity contribution in [1.29, 1.82) is 0 Å². The van der Waals surface area contributed by atoms with Crippen molar-refractivity contribution in [3.05, 3.63) is 65.2 Å². The van der Waals surface area contributed by atoms with E-state index in [-0.39, 0.29) is 29.2 Å². The summed E-state index contributed by atoms with van der Waals surface area (Å²) >= 11 is 0. The number of rotatable bonds is 7. The van der Waals surface area contributed by atoms with E-state index in [9.17, 15) is 13.6 Å². The molecule has 0 unspecified atom stereocenters. The third kappa shape index (κ3) is 5.28. The highest BCUT2D eigenvalue weighted by Crippen LogP contribution is 2.23. The largest absolute Gasteiger partial charge is 0.435 e. The molecule has 1 atom stereocenters. The van der Waals surface area contributed by atoms with Crippen LogP contribution >= 0.6 is 0 Å². The van der Waals surface area contributed by atoms with Crippen molar-refractivity contribution in [3.63, 3.8) is 0 Å². The number of halogens is 2. The molecule has 0 spiro atoms. The zero-order valence-electron chi connectivity index (χ0n) is 14.6.